The van der Waals surface area contributed by atoms with Crippen LogP contribution >= 0.6 is 11.8 Å². The lowest BCUT2D eigenvalue weighted by Crippen LogP contribution is -2.20. The van der Waals surface area contributed by atoms with Gasteiger partial charge >= 0.3 is 6.18 Å². The van der Waals surface area contributed by atoms with Gasteiger partial charge in [0.05, 0.1) is 0 Å². The second kappa shape index (κ2) is 8.01. The van der Waals surface area contributed by atoms with Gasteiger partial charge in [0.2, 0.25) is 11.7 Å². The van der Waals surface area contributed by atoms with Crippen molar-refractivity contribution in [3.63, 3.8) is 0 Å². The molecule has 0 radical (unpaired) electrons. The van der Waals surface area contributed by atoms with Gasteiger partial charge in [-0.15, -0.1) is 10.2 Å². The van der Waals surface area contributed by atoms with Crippen LogP contribution in [0.5, 0.6) is 0 Å². The summed E-state index contributed by atoms with van der Waals surface area (Å²) in [5.41, 5.74) is 0.936. The second-order valence-corrected chi connectivity index (χ2v) is 6.84. The molecule has 0 bridgehead atoms. The molecule has 0 spiro atoms. The molecule has 1 aromatic heterocycles. The lowest BCUT2D eigenvalue weighted by Gasteiger charge is -2.17. The van der Waals surface area contributed by atoms with Crippen LogP contribution in [0.15, 0.2) is 59.8 Å². The minimum atomic E-state index is -4.65. The number of hydrogen-bond acceptors (Lipinski definition) is 4. The van der Waals surface area contributed by atoms with E-state index in [1.807, 2.05) is 0 Å². The predicted octanol–water partition coefficient (Wildman–Crippen LogP) is 4.45. The highest BCUT2D eigenvalue weighted by molar-refractivity contribution is 8.00. The first kappa shape index (κ1) is 19.9. The van der Waals surface area contributed by atoms with Crippen LogP contribution < -0.4 is 5.32 Å². The Bertz CT molecular complexity index is 958. The zero-order chi connectivity index (χ0) is 20.3. The van der Waals surface area contributed by atoms with Crippen LogP contribution in [0, 0.1) is 5.82 Å². The molecule has 146 valence electrons. The van der Waals surface area contributed by atoms with Crippen molar-refractivity contribution >= 4 is 23.4 Å². The van der Waals surface area contributed by atoms with E-state index in [1.165, 1.54) is 31.3 Å². The number of rotatable bonds is 5. The molecule has 0 aliphatic carbocycles. The van der Waals surface area contributed by atoms with Crippen LogP contribution in [0.2, 0.25) is 0 Å². The third-order valence-electron chi connectivity index (χ3n) is 3.76. The topological polar surface area (TPSA) is 59.8 Å². The number of aromatic nitrogens is 3. The first-order chi connectivity index (χ1) is 13.3. The molecule has 1 atom stereocenters. The minimum absolute atomic E-state index is 0.0598. The van der Waals surface area contributed by atoms with Crippen molar-refractivity contribution < 1.29 is 22.4 Å². The Morgan fingerprint density at radius 3 is 2.29 bits per heavy atom. The lowest BCUT2D eigenvalue weighted by molar-refractivity contribution is -0.147. The van der Waals surface area contributed by atoms with E-state index in [0.717, 1.165) is 16.3 Å². The molecule has 28 heavy (non-hydrogen) atoms. The maximum atomic E-state index is 13.1. The number of carbonyl (C=O) groups is 1. The lowest BCUT2D eigenvalue weighted by atomic mass is 10.1. The summed E-state index contributed by atoms with van der Waals surface area (Å²) in [6, 6.07) is 13.7. The molecule has 0 fully saturated rings. The average molecular weight is 410 g/mol. The third kappa shape index (κ3) is 4.50. The fourth-order valence-corrected chi connectivity index (χ4v) is 3.41. The van der Waals surface area contributed by atoms with Crippen LogP contribution in [0.3, 0.4) is 0 Å². The monoisotopic (exact) mass is 410 g/mol. The number of alkyl halides is 3. The van der Waals surface area contributed by atoms with Gasteiger partial charge in [-0.3, -0.25) is 4.79 Å². The maximum absolute atomic E-state index is 13.1. The average Bonchev–Trinajstić information content (AvgIpc) is 3.03. The molecule has 0 unspecified atom stereocenters. The number of thioether (sulfide) groups is 1. The highest BCUT2D eigenvalue weighted by Crippen LogP contribution is 2.37. The first-order valence-electron chi connectivity index (χ1n) is 8.00. The van der Waals surface area contributed by atoms with E-state index in [-0.39, 0.29) is 5.16 Å². The van der Waals surface area contributed by atoms with Gasteiger partial charge in [-0.05, 0) is 29.8 Å². The molecule has 0 aliphatic heterocycles. The second-order valence-electron chi connectivity index (χ2n) is 5.77. The molecule has 3 rings (SSSR count). The van der Waals surface area contributed by atoms with E-state index in [4.69, 9.17) is 0 Å². The molecule has 0 saturated carbocycles. The number of carbonyl (C=O) groups excluding carboxylic acids is 1. The van der Waals surface area contributed by atoms with E-state index >= 15 is 0 Å². The van der Waals surface area contributed by atoms with E-state index in [0.29, 0.717) is 11.3 Å². The van der Waals surface area contributed by atoms with Gasteiger partial charge in [0, 0.05) is 12.7 Å². The Kier molecular flexibility index (Phi) is 5.68. The van der Waals surface area contributed by atoms with Gasteiger partial charge in [0.1, 0.15) is 11.1 Å². The van der Waals surface area contributed by atoms with Gasteiger partial charge in [0.25, 0.3) is 0 Å². The molecular weight excluding hydrogens is 396 g/mol. The highest BCUT2D eigenvalue weighted by atomic mass is 32.2. The van der Waals surface area contributed by atoms with Crippen molar-refractivity contribution in [3.8, 4) is 0 Å². The van der Waals surface area contributed by atoms with Crippen molar-refractivity contribution in [2.45, 2.75) is 16.6 Å². The largest absolute Gasteiger partial charge is 0.451 e. The van der Waals surface area contributed by atoms with E-state index in [1.54, 1.807) is 30.3 Å². The first-order valence-corrected chi connectivity index (χ1v) is 8.88. The number of hydrogen-bond donors (Lipinski definition) is 1. The standard InChI is InChI=1S/C18H14F4N4OS/c1-26-16(18(20,21)22)24-25-17(26)28-14(11-5-3-2-4-6-11)15(27)23-13-9-7-12(19)8-10-13/h2-10,14H,1H3,(H,23,27)/t14-/m1/s1. The van der Waals surface area contributed by atoms with Crippen molar-refractivity contribution in [1.29, 1.82) is 0 Å². The Balaban J connectivity index is 1.89. The van der Waals surface area contributed by atoms with Crippen molar-refractivity contribution in [2.24, 2.45) is 7.05 Å². The quantitative estimate of drug-likeness (QED) is 0.499. The van der Waals surface area contributed by atoms with Crippen LogP contribution in [-0.2, 0) is 18.0 Å². The number of amides is 1. The molecule has 1 amide bonds. The van der Waals surface area contributed by atoms with Gasteiger partial charge in [-0.25, -0.2) is 4.39 Å². The van der Waals surface area contributed by atoms with E-state index < -0.39 is 29.0 Å². The SMILES string of the molecule is Cn1c(S[C@@H](C(=O)Nc2ccc(F)cc2)c2ccccc2)nnc1C(F)(F)F. The van der Waals surface area contributed by atoms with E-state index in [9.17, 15) is 22.4 Å². The predicted molar refractivity (Wildman–Crippen MR) is 96.1 cm³/mol. The summed E-state index contributed by atoms with van der Waals surface area (Å²) < 4.78 is 52.7. The zero-order valence-corrected chi connectivity index (χ0v) is 15.3. The fraction of sp³-hybridized carbons (Fsp3) is 0.167. The Morgan fingerprint density at radius 2 is 1.71 bits per heavy atom. The maximum Gasteiger partial charge on any atom is 0.451 e. The Labute approximate surface area is 161 Å². The van der Waals surface area contributed by atoms with Gasteiger partial charge in [-0.2, -0.15) is 13.2 Å². The summed E-state index contributed by atoms with van der Waals surface area (Å²) >= 11 is 0.839. The summed E-state index contributed by atoms with van der Waals surface area (Å²) in [6.45, 7) is 0. The number of halogens is 4. The van der Waals surface area contributed by atoms with Crippen molar-refractivity contribution in [2.75, 3.05) is 5.32 Å². The Hall–Kier alpha value is -2.88. The van der Waals surface area contributed by atoms with Crippen molar-refractivity contribution in [3.05, 3.63) is 71.8 Å². The summed E-state index contributed by atoms with van der Waals surface area (Å²) in [7, 11) is 1.19. The molecule has 1 N–H and O–H groups in total. The van der Waals surface area contributed by atoms with Gasteiger partial charge < -0.3 is 9.88 Å². The Morgan fingerprint density at radius 1 is 1.07 bits per heavy atom. The summed E-state index contributed by atoms with van der Waals surface area (Å²) in [5.74, 6) is -2.09. The molecule has 5 nitrogen and oxygen atoms in total. The summed E-state index contributed by atoms with van der Waals surface area (Å²) in [5, 5.41) is 8.44. The zero-order valence-electron chi connectivity index (χ0n) is 14.4. The number of anilines is 1. The molecular formula is C18H14F4N4OS. The third-order valence-corrected chi connectivity index (χ3v) is 5.05. The highest BCUT2D eigenvalue weighted by Gasteiger charge is 2.38. The van der Waals surface area contributed by atoms with Crippen LogP contribution in [0.4, 0.5) is 23.2 Å². The number of nitrogens with one attached hydrogen (secondary N) is 1. The van der Waals surface area contributed by atoms with Gasteiger partial charge in [0.15, 0.2) is 5.16 Å². The van der Waals surface area contributed by atoms with Crippen LogP contribution in [-0.4, -0.2) is 20.7 Å². The van der Waals surface area contributed by atoms with E-state index in [2.05, 4.69) is 15.5 Å². The van der Waals surface area contributed by atoms with Gasteiger partial charge in [-0.1, -0.05) is 42.1 Å². The van der Waals surface area contributed by atoms with Crippen LogP contribution in [0.25, 0.3) is 0 Å². The summed E-state index contributed by atoms with van der Waals surface area (Å²) in [4.78, 5) is 12.8. The number of benzene rings is 2. The normalized spacial score (nSPS) is 12.6. The molecule has 2 aromatic carbocycles. The summed E-state index contributed by atoms with van der Waals surface area (Å²) in [6.07, 6.45) is -4.65. The van der Waals surface area contributed by atoms with Crippen LogP contribution in [0.1, 0.15) is 16.6 Å². The fourth-order valence-electron chi connectivity index (χ4n) is 2.41. The molecule has 0 aliphatic rings. The molecule has 0 saturated heterocycles. The number of nitrogens with zero attached hydrogens (tertiary/aromatic N) is 3. The molecule has 3 aromatic rings. The molecule has 1 heterocycles. The minimum Gasteiger partial charge on any atom is -0.325 e. The van der Waals surface area contributed by atoms with Crippen molar-refractivity contribution in [1.82, 2.24) is 14.8 Å². The molecule has 10 heteroatoms. The smallest absolute Gasteiger partial charge is 0.325 e.